The molecule has 1 unspecified atom stereocenters. The molecule has 1 rings (SSSR count). The number of hydrogen-bond donors (Lipinski definition) is 1. The number of hydrogen-bond acceptors (Lipinski definition) is 2. The van der Waals surface area contributed by atoms with E-state index in [0.717, 1.165) is 17.4 Å². The number of halogens is 1. The second-order valence-electron chi connectivity index (χ2n) is 5.79. The number of nitrogens with two attached hydrogens (primary N) is 1. The second kappa shape index (κ2) is 6.69. The highest BCUT2D eigenvalue weighted by molar-refractivity contribution is 9.10. The maximum Gasteiger partial charge on any atom is 0.0306 e. The number of likely N-dealkylation sites (N-methyl/N-ethyl adjacent to an activating group) is 1. The fraction of sp³-hybridized carbons (Fsp3) is 0.600. The van der Waals surface area contributed by atoms with Gasteiger partial charge >= 0.3 is 0 Å². The Balaban J connectivity index is 2.76. The predicted octanol–water partition coefficient (Wildman–Crippen LogP) is 3.64. The van der Waals surface area contributed by atoms with Crippen LogP contribution in [0.3, 0.4) is 0 Å². The number of nitrogens with zero attached hydrogens (tertiary/aromatic N) is 1. The SMILES string of the molecule is CC(C)CC(C)(CN)N(C)Cc1cccc(Br)c1. The van der Waals surface area contributed by atoms with Crippen molar-refractivity contribution in [1.29, 1.82) is 0 Å². The molecular weight excluding hydrogens is 288 g/mol. The summed E-state index contributed by atoms with van der Waals surface area (Å²) in [6.07, 6.45) is 1.12. The van der Waals surface area contributed by atoms with Crippen molar-refractivity contribution >= 4 is 15.9 Å². The third kappa shape index (κ3) is 4.38. The van der Waals surface area contributed by atoms with Crippen LogP contribution in [0.2, 0.25) is 0 Å². The maximum absolute atomic E-state index is 5.99. The molecule has 18 heavy (non-hydrogen) atoms. The van der Waals surface area contributed by atoms with Crippen molar-refractivity contribution in [3.05, 3.63) is 34.3 Å². The van der Waals surface area contributed by atoms with Crippen LogP contribution in [-0.4, -0.2) is 24.0 Å². The van der Waals surface area contributed by atoms with Crippen LogP contribution in [0.1, 0.15) is 32.8 Å². The number of rotatable bonds is 6. The van der Waals surface area contributed by atoms with Crippen LogP contribution in [0.4, 0.5) is 0 Å². The monoisotopic (exact) mass is 312 g/mol. The van der Waals surface area contributed by atoms with E-state index in [2.05, 4.69) is 72.9 Å². The van der Waals surface area contributed by atoms with Crippen molar-refractivity contribution in [2.24, 2.45) is 11.7 Å². The molecule has 0 radical (unpaired) electrons. The summed E-state index contributed by atoms with van der Waals surface area (Å²) in [5.41, 5.74) is 7.37. The highest BCUT2D eigenvalue weighted by atomic mass is 79.9. The summed E-state index contributed by atoms with van der Waals surface area (Å²) in [6, 6.07) is 8.46. The molecule has 0 bridgehead atoms. The van der Waals surface area contributed by atoms with Crippen LogP contribution in [0.15, 0.2) is 28.7 Å². The van der Waals surface area contributed by atoms with Crippen molar-refractivity contribution in [1.82, 2.24) is 4.90 Å². The fourth-order valence-electron chi connectivity index (χ4n) is 2.37. The van der Waals surface area contributed by atoms with E-state index in [9.17, 15) is 0 Å². The largest absolute Gasteiger partial charge is 0.329 e. The molecular formula is C15H25BrN2. The van der Waals surface area contributed by atoms with Crippen LogP contribution >= 0.6 is 15.9 Å². The summed E-state index contributed by atoms with van der Waals surface area (Å²) in [5, 5.41) is 0. The molecule has 0 amide bonds. The van der Waals surface area contributed by atoms with Gasteiger partial charge in [0, 0.05) is 23.1 Å². The molecule has 0 spiro atoms. The van der Waals surface area contributed by atoms with E-state index in [-0.39, 0.29) is 5.54 Å². The molecule has 2 nitrogen and oxygen atoms in total. The molecule has 1 atom stereocenters. The molecule has 0 fully saturated rings. The van der Waals surface area contributed by atoms with Gasteiger partial charge in [0.2, 0.25) is 0 Å². The molecule has 0 saturated carbocycles. The lowest BCUT2D eigenvalue weighted by Gasteiger charge is -2.39. The molecule has 0 aliphatic carbocycles. The van der Waals surface area contributed by atoms with E-state index >= 15 is 0 Å². The molecule has 0 aliphatic heterocycles. The highest BCUT2D eigenvalue weighted by Crippen LogP contribution is 2.24. The van der Waals surface area contributed by atoms with Crippen molar-refractivity contribution in [2.45, 2.75) is 39.3 Å². The molecule has 0 aromatic heterocycles. The van der Waals surface area contributed by atoms with Gasteiger partial charge in [-0.05, 0) is 44.0 Å². The van der Waals surface area contributed by atoms with Crippen molar-refractivity contribution < 1.29 is 0 Å². The van der Waals surface area contributed by atoms with E-state index < -0.39 is 0 Å². The third-order valence-corrected chi connectivity index (χ3v) is 4.01. The summed E-state index contributed by atoms with van der Waals surface area (Å²) in [6.45, 7) is 8.38. The summed E-state index contributed by atoms with van der Waals surface area (Å²) < 4.78 is 1.13. The standard InChI is InChI=1S/C15H25BrN2/c1-12(2)9-15(3,11-17)18(4)10-13-6-5-7-14(16)8-13/h5-8,12H,9-11,17H2,1-4H3. The van der Waals surface area contributed by atoms with Gasteiger partial charge < -0.3 is 5.73 Å². The van der Waals surface area contributed by atoms with Crippen molar-refractivity contribution in [3.8, 4) is 0 Å². The first-order chi connectivity index (χ1) is 8.37. The van der Waals surface area contributed by atoms with E-state index in [1.807, 2.05) is 0 Å². The maximum atomic E-state index is 5.99. The van der Waals surface area contributed by atoms with Gasteiger partial charge in [-0.3, -0.25) is 4.90 Å². The number of benzene rings is 1. The predicted molar refractivity (Wildman–Crippen MR) is 82.5 cm³/mol. The lowest BCUT2D eigenvalue weighted by atomic mass is 9.89. The normalized spacial score (nSPS) is 15.1. The van der Waals surface area contributed by atoms with Gasteiger partial charge in [0.25, 0.3) is 0 Å². The topological polar surface area (TPSA) is 29.3 Å². The van der Waals surface area contributed by atoms with Crippen LogP contribution in [0.25, 0.3) is 0 Å². The smallest absolute Gasteiger partial charge is 0.0306 e. The molecule has 0 saturated heterocycles. The minimum absolute atomic E-state index is 0.0660. The minimum Gasteiger partial charge on any atom is -0.329 e. The van der Waals surface area contributed by atoms with E-state index in [4.69, 9.17) is 5.73 Å². The van der Waals surface area contributed by atoms with Crippen LogP contribution in [0, 0.1) is 5.92 Å². The molecule has 1 aromatic carbocycles. The van der Waals surface area contributed by atoms with Gasteiger partial charge in [-0.15, -0.1) is 0 Å². The quantitative estimate of drug-likeness (QED) is 0.869. The van der Waals surface area contributed by atoms with Crippen molar-refractivity contribution in [2.75, 3.05) is 13.6 Å². The molecule has 3 heteroatoms. The first kappa shape index (κ1) is 15.7. The molecule has 102 valence electrons. The average molecular weight is 313 g/mol. The zero-order valence-electron chi connectivity index (χ0n) is 11.9. The second-order valence-corrected chi connectivity index (χ2v) is 6.70. The van der Waals surface area contributed by atoms with Gasteiger partial charge in [0.15, 0.2) is 0 Å². The molecule has 1 aromatic rings. The van der Waals surface area contributed by atoms with E-state index in [1.54, 1.807) is 0 Å². The minimum atomic E-state index is 0.0660. The van der Waals surface area contributed by atoms with Crippen LogP contribution in [0.5, 0.6) is 0 Å². The van der Waals surface area contributed by atoms with Gasteiger partial charge in [-0.25, -0.2) is 0 Å². The Kier molecular flexibility index (Phi) is 5.83. The van der Waals surface area contributed by atoms with Gasteiger partial charge in [-0.1, -0.05) is 41.9 Å². The third-order valence-electron chi connectivity index (χ3n) is 3.52. The Bertz CT molecular complexity index is 379. The Morgan fingerprint density at radius 2 is 2.06 bits per heavy atom. The summed E-state index contributed by atoms with van der Waals surface area (Å²) >= 11 is 3.52. The summed E-state index contributed by atoms with van der Waals surface area (Å²) in [7, 11) is 2.16. The first-order valence-corrected chi connectivity index (χ1v) is 7.32. The van der Waals surface area contributed by atoms with Crippen LogP contribution in [-0.2, 0) is 6.54 Å². The summed E-state index contributed by atoms with van der Waals surface area (Å²) in [4.78, 5) is 2.37. The Labute approximate surface area is 120 Å². The Morgan fingerprint density at radius 1 is 1.39 bits per heavy atom. The van der Waals surface area contributed by atoms with Crippen molar-refractivity contribution in [3.63, 3.8) is 0 Å². The van der Waals surface area contributed by atoms with Crippen LogP contribution < -0.4 is 5.73 Å². The van der Waals surface area contributed by atoms with Gasteiger partial charge in [0.05, 0.1) is 0 Å². The molecule has 0 heterocycles. The molecule has 0 aliphatic rings. The van der Waals surface area contributed by atoms with E-state index in [1.165, 1.54) is 5.56 Å². The van der Waals surface area contributed by atoms with E-state index in [0.29, 0.717) is 12.5 Å². The summed E-state index contributed by atoms with van der Waals surface area (Å²) in [5.74, 6) is 0.656. The lowest BCUT2D eigenvalue weighted by Crippen LogP contribution is -2.50. The highest BCUT2D eigenvalue weighted by Gasteiger charge is 2.28. The Morgan fingerprint density at radius 3 is 2.56 bits per heavy atom. The zero-order chi connectivity index (χ0) is 13.8. The fourth-order valence-corrected chi connectivity index (χ4v) is 2.82. The van der Waals surface area contributed by atoms with Gasteiger partial charge in [0.1, 0.15) is 0 Å². The first-order valence-electron chi connectivity index (χ1n) is 6.53. The average Bonchev–Trinajstić information content (AvgIpc) is 2.27. The molecule has 2 N–H and O–H groups in total. The van der Waals surface area contributed by atoms with Gasteiger partial charge in [-0.2, -0.15) is 0 Å². The zero-order valence-corrected chi connectivity index (χ0v) is 13.5. The lowest BCUT2D eigenvalue weighted by molar-refractivity contribution is 0.111. The Hall–Kier alpha value is -0.380.